The summed E-state index contributed by atoms with van der Waals surface area (Å²) in [6.45, 7) is 6.93. The van der Waals surface area contributed by atoms with E-state index in [9.17, 15) is 4.79 Å². The lowest BCUT2D eigenvalue weighted by Gasteiger charge is -2.36. The Bertz CT molecular complexity index is 425. The molecule has 0 atom stereocenters. The molecule has 1 N–H and O–H groups in total. The number of carboxylic acids is 1. The summed E-state index contributed by atoms with van der Waals surface area (Å²) in [5, 5.41) is 11.6. The Kier molecular flexibility index (Phi) is 3.76. The van der Waals surface area contributed by atoms with Gasteiger partial charge in [-0.2, -0.15) is 0 Å². The van der Waals surface area contributed by atoms with Gasteiger partial charge in [-0.3, -0.25) is 0 Å². The van der Waals surface area contributed by atoms with Crippen LogP contribution in [0.4, 0.5) is 0 Å². The molecule has 1 aromatic heterocycles. The minimum Gasteiger partial charge on any atom is -0.476 e. The summed E-state index contributed by atoms with van der Waals surface area (Å²) in [6.07, 6.45) is 4.76. The zero-order valence-electron chi connectivity index (χ0n) is 11.3. The molecule has 1 heterocycles. The number of aromatic carboxylic acids is 1. The van der Waals surface area contributed by atoms with Crippen LogP contribution >= 0.6 is 11.3 Å². The predicted molar refractivity (Wildman–Crippen MR) is 73.2 cm³/mol. The molecular weight excluding hydrogens is 246 g/mol. The Labute approximate surface area is 112 Å². The Morgan fingerprint density at radius 1 is 1.33 bits per heavy atom. The maximum Gasteiger partial charge on any atom is 0.355 e. The van der Waals surface area contributed by atoms with Crippen molar-refractivity contribution in [3.05, 3.63) is 16.1 Å². The summed E-state index contributed by atoms with van der Waals surface area (Å²) in [7, 11) is 0. The van der Waals surface area contributed by atoms with Crippen LogP contribution in [0.2, 0.25) is 0 Å². The average Bonchev–Trinajstić information content (AvgIpc) is 2.77. The van der Waals surface area contributed by atoms with Crippen molar-refractivity contribution >= 4 is 17.3 Å². The SMILES string of the molecule is CC(C)(C)C1CCC(c2nc(C(=O)O)cs2)CC1. The maximum atomic E-state index is 10.8. The summed E-state index contributed by atoms with van der Waals surface area (Å²) in [6, 6.07) is 0. The molecule has 0 amide bonds. The summed E-state index contributed by atoms with van der Waals surface area (Å²) in [5.74, 6) is 0.343. The molecule has 0 saturated heterocycles. The fourth-order valence-corrected chi connectivity index (χ4v) is 3.74. The molecule has 1 aromatic rings. The van der Waals surface area contributed by atoms with E-state index in [4.69, 9.17) is 5.11 Å². The quantitative estimate of drug-likeness (QED) is 0.875. The fourth-order valence-electron chi connectivity index (χ4n) is 2.78. The summed E-state index contributed by atoms with van der Waals surface area (Å²) in [4.78, 5) is 15.1. The Morgan fingerprint density at radius 2 is 1.94 bits per heavy atom. The highest BCUT2D eigenvalue weighted by atomic mass is 32.1. The highest BCUT2D eigenvalue weighted by molar-refractivity contribution is 7.09. The van der Waals surface area contributed by atoms with Gasteiger partial charge < -0.3 is 5.11 Å². The van der Waals surface area contributed by atoms with Crippen molar-refractivity contribution in [1.29, 1.82) is 0 Å². The van der Waals surface area contributed by atoms with E-state index in [0.29, 0.717) is 11.3 Å². The first kappa shape index (κ1) is 13.5. The van der Waals surface area contributed by atoms with E-state index in [1.54, 1.807) is 5.38 Å². The monoisotopic (exact) mass is 267 g/mol. The van der Waals surface area contributed by atoms with Crippen molar-refractivity contribution in [3.63, 3.8) is 0 Å². The third kappa shape index (κ3) is 2.91. The topological polar surface area (TPSA) is 50.2 Å². The summed E-state index contributed by atoms with van der Waals surface area (Å²) >= 11 is 1.50. The molecule has 3 nitrogen and oxygen atoms in total. The average molecular weight is 267 g/mol. The first-order valence-electron chi connectivity index (χ1n) is 6.56. The molecule has 2 rings (SSSR count). The van der Waals surface area contributed by atoms with E-state index >= 15 is 0 Å². The Morgan fingerprint density at radius 3 is 2.39 bits per heavy atom. The number of aromatic nitrogens is 1. The number of nitrogens with zero attached hydrogens (tertiary/aromatic N) is 1. The number of hydrogen-bond acceptors (Lipinski definition) is 3. The molecule has 4 heteroatoms. The van der Waals surface area contributed by atoms with Crippen LogP contribution in [-0.4, -0.2) is 16.1 Å². The lowest BCUT2D eigenvalue weighted by atomic mass is 9.70. The number of thiazole rings is 1. The molecule has 1 fully saturated rings. The second-order valence-electron chi connectivity index (χ2n) is 6.29. The lowest BCUT2D eigenvalue weighted by molar-refractivity contribution is 0.0691. The number of hydrogen-bond donors (Lipinski definition) is 1. The number of carbonyl (C=O) groups is 1. The fraction of sp³-hybridized carbons (Fsp3) is 0.714. The molecule has 1 saturated carbocycles. The first-order chi connectivity index (χ1) is 8.38. The molecule has 1 aliphatic rings. The van der Waals surface area contributed by atoms with Crippen LogP contribution in [0.25, 0.3) is 0 Å². The molecule has 0 aliphatic heterocycles. The molecule has 0 aromatic carbocycles. The van der Waals surface area contributed by atoms with Gasteiger partial charge in [0.15, 0.2) is 5.69 Å². The van der Waals surface area contributed by atoms with Gasteiger partial charge in [0.05, 0.1) is 5.01 Å². The molecule has 0 radical (unpaired) electrons. The molecular formula is C14H21NO2S. The van der Waals surface area contributed by atoms with Crippen molar-refractivity contribution in [3.8, 4) is 0 Å². The van der Waals surface area contributed by atoms with E-state index in [2.05, 4.69) is 25.8 Å². The second-order valence-corrected chi connectivity index (χ2v) is 7.18. The van der Waals surface area contributed by atoms with E-state index in [1.165, 1.54) is 24.2 Å². The third-order valence-corrected chi connectivity index (χ3v) is 5.05. The molecule has 0 bridgehead atoms. The third-order valence-electron chi connectivity index (χ3n) is 4.04. The maximum absolute atomic E-state index is 10.8. The zero-order valence-corrected chi connectivity index (χ0v) is 12.1. The number of carboxylic acid groups (broad SMARTS) is 1. The van der Waals surface area contributed by atoms with Crippen LogP contribution in [0.5, 0.6) is 0 Å². The van der Waals surface area contributed by atoms with E-state index in [-0.39, 0.29) is 5.69 Å². The molecule has 100 valence electrons. The second kappa shape index (κ2) is 5.00. The van der Waals surface area contributed by atoms with Crippen molar-refractivity contribution in [2.24, 2.45) is 11.3 Å². The molecule has 18 heavy (non-hydrogen) atoms. The van der Waals surface area contributed by atoms with Gasteiger partial charge in [0, 0.05) is 11.3 Å². The zero-order chi connectivity index (χ0) is 13.3. The van der Waals surface area contributed by atoms with Crippen molar-refractivity contribution < 1.29 is 9.90 Å². The number of rotatable bonds is 2. The lowest BCUT2D eigenvalue weighted by Crippen LogP contribution is -2.25. The van der Waals surface area contributed by atoms with E-state index in [1.807, 2.05) is 0 Å². The minimum atomic E-state index is -0.916. The summed E-state index contributed by atoms with van der Waals surface area (Å²) < 4.78 is 0. The van der Waals surface area contributed by atoms with Crippen molar-refractivity contribution in [2.75, 3.05) is 0 Å². The highest BCUT2D eigenvalue weighted by Crippen LogP contribution is 2.43. The van der Waals surface area contributed by atoms with Gasteiger partial charge in [-0.1, -0.05) is 20.8 Å². The van der Waals surface area contributed by atoms with Crippen molar-refractivity contribution in [1.82, 2.24) is 4.98 Å². The van der Waals surface area contributed by atoms with Gasteiger partial charge in [-0.25, -0.2) is 9.78 Å². The standard InChI is InChI=1S/C14H21NO2S/c1-14(2,3)10-6-4-9(5-7-10)12-15-11(8-18-12)13(16)17/h8-10H,4-7H2,1-3H3,(H,16,17). The van der Waals surface area contributed by atoms with Crippen LogP contribution < -0.4 is 0 Å². The van der Waals surface area contributed by atoms with Crippen LogP contribution in [0.15, 0.2) is 5.38 Å². The smallest absolute Gasteiger partial charge is 0.355 e. The molecule has 1 aliphatic carbocycles. The molecule has 0 unspecified atom stereocenters. The van der Waals surface area contributed by atoms with Gasteiger partial charge in [-0.15, -0.1) is 11.3 Å². The van der Waals surface area contributed by atoms with Gasteiger partial charge in [0.2, 0.25) is 0 Å². The van der Waals surface area contributed by atoms with Gasteiger partial charge in [0.1, 0.15) is 0 Å². The van der Waals surface area contributed by atoms with Crippen LogP contribution in [-0.2, 0) is 0 Å². The van der Waals surface area contributed by atoms with Gasteiger partial charge in [-0.05, 0) is 37.0 Å². The Balaban J connectivity index is 1.99. The van der Waals surface area contributed by atoms with E-state index in [0.717, 1.165) is 23.8 Å². The predicted octanol–water partition coefficient (Wildman–Crippen LogP) is 4.16. The van der Waals surface area contributed by atoms with Gasteiger partial charge >= 0.3 is 5.97 Å². The van der Waals surface area contributed by atoms with Gasteiger partial charge in [0.25, 0.3) is 0 Å². The van der Waals surface area contributed by atoms with Crippen LogP contribution in [0, 0.1) is 11.3 Å². The van der Waals surface area contributed by atoms with Crippen molar-refractivity contribution in [2.45, 2.75) is 52.4 Å². The Hall–Kier alpha value is -0.900. The molecule has 0 spiro atoms. The highest BCUT2D eigenvalue weighted by Gasteiger charge is 2.31. The van der Waals surface area contributed by atoms with Crippen LogP contribution in [0.3, 0.4) is 0 Å². The first-order valence-corrected chi connectivity index (χ1v) is 7.44. The van der Waals surface area contributed by atoms with Crippen LogP contribution in [0.1, 0.15) is 67.9 Å². The van der Waals surface area contributed by atoms with E-state index < -0.39 is 5.97 Å². The normalized spacial score (nSPS) is 25.1. The largest absolute Gasteiger partial charge is 0.476 e. The summed E-state index contributed by atoms with van der Waals surface area (Å²) in [5.41, 5.74) is 0.591. The minimum absolute atomic E-state index is 0.202.